The minimum Gasteiger partial charge on any atom is -0.364 e. The van der Waals surface area contributed by atoms with Crippen molar-refractivity contribution in [3.63, 3.8) is 0 Å². The molecule has 1 aromatic heterocycles. The van der Waals surface area contributed by atoms with Crippen molar-refractivity contribution in [2.24, 2.45) is 10.4 Å². The van der Waals surface area contributed by atoms with E-state index >= 15 is 0 Å². The Labute approximate surface area is 118 Å². The van der Waals surface area contributed by atoms with E-state index in [1.807, 2.05) is 11.8 Å². The second kappa shape index (κ2) is 6.41. The number of aryl methyl sites for hydroxylation is 1. The number of aliphatic imine (C=N–C) groups is 1. The van der Waals surface area contributed by atoms with Crippen molar-refractivity contribution in [3.8, 4) is 0 Å². The Balaban J connectivity index is 1.77. The van der Waals surface area contributed by atoms with E-state index in [0.717, 1.165) is 36.3 Å². The van der Waals surface area contributed by atoms with Crippen LogP contribution in [0.25, 0.3) is 0 Å². The van der Waals surface area contributed by atoms with Gasteiger partial charge in [-0.25, -0.2) is 0 Å². The summed E-state index contributed by atoms with van der Waals surface area (Å²) in [5.74, 6) is 2.53. The fraction of sp³-hybridized carbons (Fsp3) is 0.769. The summed E-state index contributed by atoms with van der Waals surface area (Å²) in [5.41, 5.74) is 0.403. The lowest BCUT2D eigenvalue weighted by molar-refractivity contribution is 0.318. The van der Waals surface area contributed by atoms with E-state index in [4.69, 9.17) is 4.52 Å². The van der Waals surface area contributed by atoms with Crippen LogP contribution in [0.3, 0.4) is 0 Å². The number of thioether (sulfide) groups is 1. The standard InChI is InChI=1S/C13H22N4OS/c1-4-13(5-2)8-15-12(19-9-13)14-7-6-11-16-10(3)18-17-11/h4-9H2,1-3H3,(H,14,15). The largest absolute Gasteiger partial charge is 0.364 e. The van der Waals surface area contributed by atoms with Crippen molar-refractivity contribution < 1.29 is 4.52 Å². The van der Waals surface area contributed by atoms with Crippen molar-refractivity contribution in [2.45, 2.75) is 40.0 Å². The number of nitrogens with zero attached hydrogens (tertiary/aromatic N) is 3. The third-order valence-corrected chi connectivity index (χ3v) is 5.07. The molecule has 0 radical (unpaired) electrons. The number of aromatic nitrogens is 2. The van der Waals surface area contributed by atoms with Crippen molar-refractivity contribution in [2.75, 3.05) is 18.8 Å². The molecule has 2 heterocycles. The molecule has 0 saturated heterocycles. The monoisotopic (exact) mass is 282 g/mol. The first-order valence-electron chi connectivity index (χ1n) is 6.88. The summed E-state index contributed by atoms with van der Waals surface area (Å²) < 4.78 is 4.94. The third kappa shape index (κ3) is 3.72. The molecule has 0 saturated carbocycles. The average Bonchev–Trinajstić information content (AvgIpc) is 2.86. The van der Waals surface area contributed by atoms with E-state index in [2.05, 4.69) is 34.3 Å². The maximum absolute atomic E-state index is 4.94. The van der Waals surface area contributed by atoms with Crippen LogP contribution in [0.15, 0.2) is 9.52 Å². The number of nitrogens with one attached hydrogen (secondary N) is 1. The van der Waals surface area contributed by atoms with Crippen molar-refractivity contribution in [3.05, 3.63) is 11.7 Å². The predicted octanol–water partition coefficient (Wildman–Crippen LogP) is 2.42. The third-order valence-electron chi connectivity index (χ3n) is 3.77. The molecule has 1 aromatic rings. The lowest BCUT2D eigenvalue weighted by Gasteiger charge is -2.33. The second-order valence-electron chi connectivity index (χ2n) is 5.02. The molecule has 5 nitrogen and oxygen atoms in total. The number of amidine groups is 1. The molecule has 19 heavy (non-hydrogen) atoms. The predicted molar refractivity (Wildman–Crippen MR) is 78.5 cm³/mol. The first kappa shape index (κ1) is 14.4. The van der Waals surface area contributed by atoms with Gasteiger partial charge in [0.2, 0.25) is 5.89 Å². The Bertz CT molecular complexity index is 440. The minimum atomic E-state index is 0.403. The van der Waals surface area contributed by atoms with Crippen LogP contribution in [0.4, 0.5) is 0 Å². The molecular formula is C13H22N4OS. The van der Waals surface area contributed by atoms with E-state index in [-0.39, 0.29) is 0 Å². The molecule has 1 aliphatic heterocycles. The minimum absolute atomic E-state index is 0.403. The molecular weight excluding hydrogens is 260 g/mol. The van der Waals surface area contributed by atoms with E-state index < -0.39 is 0 Å². The van der Waals surface area contributed by atoms with Gasteiger partial charge in [0.15, 0.2) is 11.0 Å². The zero-order valence-corrected chi connectivity index (χ0v) is 12.7. The summed E-state index contributed by atoms with van der Waals surface area (Å²) in [6, 6.07) is 0. The van der Waals surface area contributed by atoms with Crippen molar-refractivity contribution in [1.82, 2.24) is 15.5 Å². The van der Waals surface area contributed by atoms with Crippen LogP contribution in [-0.2, 0) is 6.42 Å². The zero-order valence-electron chi connectivity index (χ0n) is 11.9. The molecule has 0 aliphatic carbocycles. The average molecular weight is 282 g/mol. The highest BCUT2D eigenvalue weighted by molar-refractivity contribution is 8.13. The van der Waals surface area contributed by atoms with Crippen LogP contribution in [0.2, 0.25) is 0 Å². The summed E-state index contributed by atoms with van der Waals surface area (Å²) in [6.45, 7) is 8.07. The Kier molecular flexibility index (Phi) is 4.85. The lowest BCUT2D eigenvalue weighted by atomic mass is 9.84. The van der Waals surface area contributed by atoms with E-state index in [0.29, 0.717) is 11.3 Å². The normalized spacial score (nSPS) is 18.2. The summed E-state index contributed by atoms with van der Waals surface area (Å²) >= 11 is 1.83. The quantitative estimate of drug-likeness (QED) is 0.898. The molecule has 0 unspecified atom stereocenters. The highest BCUT2D eigenvalue weighted by Gasteiger charge is 2.29. The summed E-state index contributed by atoms with van der Waals surface area (Å²) in [6.07, 6.45) is 3.18. The van der Waals surface area contributed by atoms with Crippen LogP contribution in [-0.4, -0.2) is 34.2 Å². The van der Waals surface area contributed by atoms with Gasteiger partial charge in [0.05, 0.1) is 0 Å². The van der Waals surface area contributed by atoms with Crippen LogP contribution < -0.4 is 5.32 Å². The van der Waals surface area contributed by atoms with Crippen LogP contribution in [0.1, 0.15) is 38.4 Å². The van der Waals surface area contributed by atoms with E-state index in [1.165, 1.54) is 12.8 Å². The number of rotatable bonds is 5. The van der Waals surface area contributed by atoms with Gasteiger partial charge in [0.25, 0.3) is 0 Å². The maximum atomic E-state index is 4.94. The summed E-state index contributed by atoms with van der Waals surface area (Å²) in [4.78, 5) is 8.84. The molecule has 0 aromatic carbocycles. The Morgan fingerprint density at radius 3 is 2.68 bits per heavy atom. The smallest absolute Gasteiger partial charge is 0.223 e. The van der Waals surface area contributed by atoms with Crippen molar-refractivity contribution in [1.29, 1.82) is 0 Å². The Morgan fingerprint density at radius 1 is 1.37 bits per heavy atom. The molecule has 0 fully saturated rings. The van der Waals surface area contributed by atoms with Gasteiger partial charge in [0, 0.05) is 32.2 Å². The van der Waals surface area contributed by atoms with Gasteiger partial charge in [-0.3, -0.25) is 4.99 Å². The zero-order chi connectivity index (χ0) is 13.7. The lowest BCUT2D eigenvalue weighted by Crippen LogP contribution is -2.35. The second-order valence-corrected chi connectivity index (χ2v) is 5.99. The van der Waals surface area contributed by atoms with E-state index in [9.17, 15) is 0 Å². The molecule has 1 aliphatic rings. The van der Waals surface area contributed by atoms with Gasteiger partial charge >= 0.3 is 0 Å². The van der Waals surface area contributed by atoms with Crippen LogP contribution >= 0.6 is 11.8 Å². The summed E-state index contributed by atoms with van der Waals surface area (Å²) in [5, 5.41) is 8.29. The first-order valence-corrected chi connectivity index (χ1v) is 7.86. The van der Waals surface area contributed by atoms with Crippen LogP contribution in [0.5, 0.6) is 0 Å². The van der Waals surface area contributed by atoms with Crippen molar-refractivity contribution >= 4 is 16.9 Å². The van der Waals surface area contributed by atoms with Gasteiger partial charge in [-0.1, -0.05) is 30.8 Å². The summed E-state index contributed by atoms with van der Waals surface area (Å²) in [7, 11) is 0. The first-order chi connectivity index (χ1) is 9.17. The topological polar surface area (TPSA) is 63.3 Å². The highest BCUT2D eigenvalue weighted by atomic mass is 32.2. The molecule has 106 valence electrons. The van der Waals surface area contributed by atoms with Gasteiger partial charge in [0.1, 0.15) is 0 Å². The molecule has 0 amide bonds. The highest BCUT2D eigenvalue weighted by Crippen LogP contribution is 2.34. The number of hydrogen-bond acceptors (Lipinski definition) is 6. The van der Waals surface area contributed by atoms with E-state index in [1.54, 1.807) is 6.92 Å². The SMILES string of the molecule is CCC1(CC)CN=C(NCCc2noc(C)n2)SC1. The maximum Gasteiger partial charge on any atom is 0.223 e. The Morgan fingerprint density at radius 2 is 2.16 bits per heavy atom. The van der Waals surface area contributed by atoms with Gasteiger partial charge < -0.3 is 9.84 Å². The number of hydrogen-bond donors (Lipinski definition) is 1. The van der Waals surface area contributed by atoms with Gasteiger partial charge in [-0.15, -0.1) is 0 Å². The van der Waals surface area contributed by atoms with Crippen LogP contribution in [0, 0.1) is 12.3 Å². The van der Waals surface area contributed by atoms with Gasteiger partial charge in [-0.2, -0.15) is 4.98 Å². The molecule has 0 atom stereocenters. The fourth-order valence-corrected chi connectivity index (χ4v) is 3.36. The Hall–Kier alpha value is -1.04. The molecule has 0 spiro atoms. The molecule has 6 heteroatoms. The van der Waals surface area contributed by atoms with Gasteiger partial charge in [-0.05, 0) is 18.3 Å². The molecule has 0 bridgehead atoms. The molecule has 1 N–H and O–H groups in total. The molecule has 2 rings (SSSR count). The fourth-order valence-electron chi connectivity index (χ4n) is 2.06.